The molecule has 20 heteroatoms. The van der Waals surface area contributed by atoms with Gasteiger partial charge in [0.15, 0.2) is 0 Å². The predicted molar refractivity (Wildman–Crippen MR) is 187 cm³/mol. The average molecular weight is 902 g/mol. The first-order valence-corrected chi connectivity index (χ1v) is 21.6. The molecule has 0 heterocycles. The summed E-state index contributed by atoms with van der Waals surface area (Å²) in [7, 11) is -7.42. The number of halogens is 2. The van der Waals surface area contributed by atoms with Gasteiger partial charge in [-0.1, -0.05) is 23.2 Å². The van der Waals surface area contributed by atoms with E-state index in [1.54, 1.807) is 26.4 Å². The van der Waals surface area contributed by atoms with E-state index in [4.69, 9.17) is 42.1 Å². The largest absolute Gasteiger partial charge is 1.00 e. The van der Waals surface area contributed by atoms with Crippen molar-refractivity contribution in [3.8, 4) is 11.5 Å². The van der Waals surface area contributed by atoms with Crippen molar-refractivity contribution in [2.45, 2.75) is 75.4 Å². The third-order valence-corrected chi connectivity index (χ3v) is 14.0. The average Bonchev–Trinajstić information content (AvgIpc) is 3.05. The van der Waals surface area contributed by atoms with Crippen molar-refractivity contribution in [3.63, 3.8) is 0 Å². The van der Waals surface area contributed by atoms with Crippen LogP contribution in [-0.2, 0) is 28.1 Å². The molecule has 8 fully saturated rings. The molecule has 10 rings (SSSR count). The first kappa shape index (κ1) is 51.6. The summed E-state index contributed by atoms with van der Waals surface area (Å²) in [5.74, 6) is 2.76. The third kappa shape index (κ3) is 11.1. The molecule has 0 radical (unpaired) electrons. The van der Waals surface area contributed by atoms with Crippen molar-refractivity contribution in [1.82, 2.24) is 0 Å². The molecule has 0 saturated heterocycles. The van der Waals surface area contributed by atoms with Gasteiger partial charge in [-0.15, -0.1) is 0 Å². The fourth-order valence-electron chi connectivity index (χ4n) is 11.3. The van der Waals surface area contributed by atoms with Crippen LogP contribution in [0.15, 0.2) is 47.5 Å². The molecule has 57 heavy (non-hydrogen) atoms. The molecule has 2 aromatic rings. The fraction of sp³-hybridized carbons (Fsp3) is 0.568. The van der Waals surface area contributed by atoms with Crippen molar-refractivity contribution >= 4 is 50.4 Å². The Morgan fingerprint density at radius 2 is 0.947 bits per heavy atom. The maximum absolute atomic E-state index is 11.4. The van der Waals surface area contributed by atoms with Crippen molar-refractivity contribution < 1.29 is 175 Å². The number of rotatable bonds is 12. The second-order valence-electron chi connectivity index (χ2n) is 15.8. The monoisotopic (exact) mass is 900 g/mol. The summed E-state index contributed by atoms with van der Waals surface area (Å²) in [5.41, 5.74) is 2.96. The molecular formula is C37H40Cl2Na4O12P2. The zero-order valence-electron chi connectivity index (χ0n) is 33.3. The smallest absolute Gasteiger partial charge is 0.780 e. The van der Waals surface area contributed by atoms with Gasteiger partial charge in [0.25, 0.3) is 0 Å². The maximum atomic E-state index is 11.4. The second kappa shape index (κ2) is 20.0. The molecule has 2 aromatic carbocycles. The molecule has 8 saturated carbocycles. The molecule has 0 spiro atoms. The Kier molecular flexibility index (Phi) is 18.1. The van der Waals surface area contributed by atoms with E-state index in [0.29, 0.717) is 34.5 Å². The van der Waals surface area contributed by atoms with Crippen LogP contribution in [0.4, 0.5) is 0 Å². The topological polar surface area (TPSA) is 182 Å². The van der Waals surface area contributed by atoms with Crippen LogP contribution in [0.5, 0.6) is 11.5 Å². The van der Waals surface area contributed by atoms with Gasteiger partial charge in [0, 0.05) is 11.1 Å². The Labute approximate surface area is 431 Å². The van der Waals surface area contributed by atoms with Crippen LogP contribution in [0.25, 0.3) is 11.5 Å². The summed E-state index contributed by atoms with van der Waals surface area (Å²) in [4.78, 5) is 45.4. The Balaban J connectivity index is 0.00000180. The zero-order valence-corrected chi connectivity index (χ0v) is 44.6. The Bertz CT molecular complexity index is 1800. The van der Waals surface area contributed by atoms with Gasteiger partial charge in [-0.05, 0) is 147 Å². The van der Waals surface area contributed by atoms with Gasteiger partial charge in [-0.2, -0.15) is 0 Å². The predicted octanol–water partition coefficient (Wildman–Crippen LogP) is -6.01. The van der Waals surface area contributed by atoms with E-state index in [1.165, 1.54) is 35.4 Å². The number of hydrogen-bond donors (Lipinski definition) is 0. The number of ether oxygens (including phenoxy) is 4. The minimum Gasteiger partial charge on any atom is -0.780 e. The van der Waals surface area contributed by atoms with Crippen LogP contribution in [0.1, 0.15) is 75.3 Å². The van der Waals surface area contributed by atoms with Crippen LogP contribution < -0.4 is 147 Å². The van der Waals surface area contributed by atoms with Crippen LogP contribution in [0.2, 0.25) is 10.0 Å². The van der Waals surface area contributed by atoms with Crippen molar-refractivity contribution in [2.24, 2.45) is 35.5 Å². The second-order valence-corrected chi connectivity index (χ2v) is 18.8. The molecule has 12 nitrogen and oxygen atoms in total. The summed E-state index contributed by atoms with van der Waals surface area (Å²) in [5, 5.41) is 0.0392. The molecular weight excluding hydrogens is 861 g/mol. The van der Waals surface area contributed by atoms with E-state index in [1.807, 2.05) is 0 Å². The minimum absolute atomic E-state index is 0. The Morgan fingerprint density at radius 1 is 0.614 bits per heavy atom. The van der Waals surface area contributed by atoms with Gasteiger partial charge in [-0.3, -0.25) is 0 Å². The number of hydrogen-bond acceptors (Lipinski definition) is 12. The third-order valence-electron chi connectivity index (χ3n) is 12.5. The Hall–Kier alpha value is 1.92. The van der Waals surface area contributed by atoms with Gasteiger partial charge in [0.2, 0.25) is 0 Å². The summed E-state index contributed by atoms with van der Waals surface area (Å²) in [6.07, 6.45) is 9.30. The molecule has 0 N–H and O–H groups in total. The minimum atomic E-state index is -5.31. The van der Waals surface area contributed by atoms with E-state index in [2.05, 4.69) is 9.05 Å². The van der Waals surface area contributed by atoms with Crippen molar-refractivity contribution in [2.75, 3.05) is 21.0 Å². The summed E-state index contributed by atoms with van der Waals surface area (Å²) >= 11 is 12.3. The number of phosphoric ester groups is 2. The maximum Gasteiger partial charge on any atom is 1.00 e. The first-order valence-electron chi connectivity index (χ1n) is 17.9. The number of benzene rings is 2. The van der Waals surface area contributed by atoms with Crippen LogP contribution >= 0.6 is 38.8 Å². The molecule has 0 aliphatic heterocycles. The number of allylic oxidation sites excluding steroid dienone is 2. The number of methoxy groups -OCH3 is 2. The van der Waals surface area contributed by atoms with Gasteiger partial charge < -0.3 is 56.7 Å². The fourth-order valence-corrected chi connectivity index (χ4v) is 12.5. The first-order chi connectivity index (χ1) is 25.1. The quantitative estimate of drug-likeness (QED) is 0.0854. The summed E-state index contributed by atoms with van der Waals surface area (Å²) in [6.45, 7) is 0.204. The van der Waals surface area contributed by atoms with Gasteiger partial charge in [0.05, 0.1) is 35.5 Å². The van der Waals surface area contributed by atoms with Gasteiger partial charge in [-0.25, -0.2) is 0 Å². The van der Waals surface area contributed by atoms with Gasteiger partial charge >= 0.3 is 118 Å². The van der Waals surface area contributed by atoms with Crippen LogP contribution in [-0.4, -0.2) is 32.2 Å². The van der Waals surface area contributed by atoms with Crippen LogP contribution in [0.3, 0.4) is 0 Å². The van der Waals surface area contributed by atoms with E-state index in [-0.39, 0.29) is 181 Å². The normalized spacial score (nSPS) is 30.3. The summed E-state index contributed by atoms with van der Waals surface area (Å²) in [6, 6.07) is 9.41. The SMILES string of the molecule is COC(=C1C2CC3CC1CC(OCOC14CC5CC(C1)C(=C(OC)c1ccc(Cl)c(OP(=O)([O-])[O-])c1)C(C5)C4)(C3)C2)c1ccc(Cl)c(OP(=O)([O-])[O-])c1.[Na+].[Na+].[Na+].[Na+]. The van der Waals surface area contributed by atoms with Crippen molar-refractivity contribution in [3.05, 3.63) is 68.7 Å². The van der Waals surface area contributed by atoms with E-state index in [9.17, 15) is 28.7 Å². The molecule has 8 bridgehead atoms. The molecule has 0 amide bonds. The van der Waals surface area contributed by atoms with E-state index in [0.717, 1.165) is 64.2 Å². The summed E-state index contributed by atoms with van der Waals surface area (Å²) < 4.78 is 57.5. The number of phosphoric acid groups is 2. The van der Waals surface area contributed by atoms with Crippen LogP contribution in [0, 0.1) is 35.5 Å². The Morgan fingerprint density at radius 3 is 1.25 bits per heavy atom. The standard InChI is InChI=1S/C37H44Cl2O12P2.4Na/c1-46-34(22-3-5-28(38)30(11-22)50-52(40,41)42)32-24-7-20-8-25(32)16-36(13-20,15-24)48-19-49-37-14-21-9-26(17-37)33(27(10-21)18-37)35(47-2)23-4-6-29(39)31(12-23)51-53(43,44)45;;;;/h3-6,11-12,20-21,24-27H,7-10,13-19H2,1-2H3,(H2,40,41,42)(H2,43,44,45);;;;/q;4*+1/p-4. The van der Waals surface area contributed by atoms with Crippen molar-refractivity contribution in [1.29, 1.82) is 0 Å². The molecule has 8 aliphatic rings. The zero-order chi connectivity index (χ0) is 37.5. The molecule has 8 aliphatic carbocycles. The van der Waals surface area contributed by atoms with E-state index < -0.39 is 15.6 Å². The molecule has 4 unspecified atom stereocenters. The molecule has 0 aromatic heterocycles. The van der Waals surface area contributed by atoms with Gasteiger partial charge in [0.1, 0.15) is 45.5 Å². The molecule has 4 atom stereocenters. The van der Waals surface area contributed by atoms with E-state index >= 15 is 0 Å². The molecule has 288 valence electrons.